The van der Waals surface area contributed by atoms with Crippen LogP contribution in [0.3, 0.4) is 0 Å². The molecule has 5 heteroatoms. The topological polar surface area (TPSA) is 70.0 Å². The number of hydrogen-bond donors (Lipinski definition) is 2. The highest BCUT2D eigenvalue weighted by Gasteiger charge is 2.30. The molecule has 0 aromatic heterocycles. The van der Waals surface area contributed by atoms with Gasteiger partial charge >= 0.3 is 5.97 Å². The van der Waals surface area contributed by atoms with Gasteiger partial charge in [-0.3, -0.25) is 9.69 Å². The summed E-state index contributed by atoms with van der Waals surface area (Å²) in [4.78, 5) is 12.5. The summed E-state index contributed by atoms with van der Waals surface area (Å²) in [5.74, 6) is -0.790. The first kappa shape index (κ1) is 12.4. The molecule has 0 spiro atoms. The van der Waals surface area contributed by atoms with Crippen LogP contribution in [0.15, 0.2) is 0 Å². The number of ether oxygens (including phenoxy) is 1. The molecule has 0 radical (unpaired) electrons. The highest BCUT2D eigenvalue weighted by molar-refractivity contribution is 5.66. The summed E-state index contributed by atoms with van der Waals surface area (Å²) >= 11 is 0. The summed E-state index contributed by atoms with van der Waals surface area (Å²) < 4.78 is 4.84. The second-order valence-electron chi connectivity index (χ2n) is 3.98. The number of rotatable bonds is 8. The first-order valence-corrected chi connectivity index (χ1v) is 5.26. The fourth-order valence-corrected chi connectivity index (χ4v) is 1.62. The van der Waals surface area contributed by atoms with Crippen molar-refractivity contribution in [3.63, 3.8) is 0 Å². The van der Waals surface area contributed by atoms with Gasteiger partial charge in [0.1, 0.15) is 0 Å². The molecule has 1 fully saturated rings. The zero-order valence-electron chi connectivity index (χ0n) is 9.06. The van der Waals surface area contributed by atoms with E-state index in [1.54, 1.807) is 7.11 Å². The number of nitrogens with zero attached hydrogens (tertiary/aromatic N) is 1. The van der Waals surface area contributed by atoms with Crippen LogP contribution in [-0.2, 0) is 9.53 Å². The van der Waals surface area contributed by atoms with Gasteiger partial charge in [0.2, 0.25) is 0 Å². The standard InChI is InChI=1S/C10H19NO4/c1-15-7-9(12)6-11(8-2-3-8)5-4-10(13)14/h8-9,12H,2-7H2,1H3,(H,13,14). The van der Waals surface area contributed by atoms with Crippen molar-refractivity contribution >= 4 is 5.97 Å². The van der Waals surface area contributed by atoms with Crippen LogP contribution in [0.25, 0.3) is 0 Å². The van der Waals surface area contributed by atoms with E-state index in [9.17, 15) is 9.90 Å². The molecule has 1 aliphatic rings. The number of methoxy groups -OCH3 is 1. The Bertz CT molecular complexity index is 206. The number of aliphatic hydroxyl groups is 1. The van der Waals surface area contributed by atoms with Crippen molar-refractivity contribution < 1.29 is 19.7 Å². The highest BCUT2D eigenvalue weighted by Crippen LogP contribution is 2.26. The maximum atomic E-state index is 10.4. The van der Waals surface area contributed by atoms with Crippen LogP contribution in [0.5, 0.6) is 0 Å². The van der Waals surface area contributed by atoms with Crippen molar-refractivity contribution in [2.45, 2.75) is 31.4 Å². The fraction of sp³-hybridized carbons (Fsp3) is 0.900. The molecule has 1 unspecified atom stereocenters. The Balaban J connectivity index is 2.26. The number of carbonyl (C=O) groups is 1. The number of aliphatic carboxylic acids is 1. The van der Waals surface area contributed by atoms with E-state index >= 15 is 0 Å². The fourth-order valence-electron chi connectivity index (χ4n) is 1.62. The molecular formula is C10H19NO4. The van der Waals surface area contributed by atoms with Gasteiger partial charge in [-0.25, -0.2) is 0 Å². The molecular weight excluding hydrogens is 198 g/mol. The lowest BCUT2D eigenvalue weighted by molar-refractivity contribution is -0.137. The number of hydrogen-bond acceptors (Lipinski definition) is 4. The number of carboxylic acids is 1. The van der Waals surface area contributed by atoms with Crippen LogP contribution < -0.4 is 0 Å². The van der Waals surface area contributed by atoms with Crippen molar-refractivity contribution in [3.8, 4) is 0 Å². The minimum Gasteiger partial charge on any atom is -0.481 e. The molecule has 0 amide bonds. The average Bonchev–Trinajstić information content (AvgIpc) is 2.95. The Morgan fingerprint density at radius 2 is 2.27 bits per heavy atom. The lowest BCUT2D eigenvalue weighted by Crippen LogP contribution is -2.37. The van der Waals surface area contributed by atoms with E-state index in [1.807, 2.05) is 4.90 Å². The second kappa shape index (κ2) is 6.05. The maximum Gasteiger partial charge on any atom is 0.304 e. The van der Waals surface area contributed by atoms with Crippen LogP contribution in [0.4, 0.5) is 0 Å². The van der Waals surface area contributed by atoms with Gasteiger partial charge in [0.05, 0.1) is 19.1 Å². The first-order valence-electron chi connectivity index (χ1n) is 5.26. The summed E-state index contributed by atoms with van der Waals surface area (Å²) in [5, 5.41) is 18.1. The molecule has 1 aliphatic carbocycles. The highest BCUT2D eigenvalue weighted by atomic mass is 16.5. The minimum absolute atomic E-state index is 0.135. The number of aliphatic hydroxyl groups excluding tert-OH is 1. The monoisotopic (exact) mass is 217 g/mol. The summed E-state index contributed by atoms with van der Waals surface area (Å²) in [6, 6.07) is 0.468. The summed E-state index contributed by atoms with van der Waals surface area (Å²) in [6.45, 7) is 1.32. The van der Waals surface area contributed by atoms with E-state index in [4.69, 9.17) is 9.84 Å². The third-order valence-electron chi connectivity index (χ3n) is 2.48. The second-order valence-corrected chi connectivity index (χ2v) is 3.98. The quantitative estimate of drug-likeness (QED) is 0.595. The van der Waals surface area contributed by atoms with Crippen LogP contribution in [0.1, 0.15) is 19.3 Å². The van der Waals surface area contributed by atoms with E-state index in [0.29, 0.717) is 25.7 Å². The molecule has 0 saturated heterocycles. The molecule has 2 N–H and O–H groups in total. The Labute approximate surface area is 89.6 Å². The van der Waals surface area contributed by atoms with Gasteiger partial charge in [-0.05, 0) is 12.8 Å². The Kier molecular flexibility index (Phi) is 5.01. The minimum atomic E-state index is -0.790. The van der Waals surface area contributed by atoms with E-state index in [-0.39, 0.29) is 6.42 Å². The molecule has 5 nitrogen and oxygen atoms in total. The largest absolute Gasteiger partial charge is 0.481 e. The van der Waals surface area contributed by atoms with Crippen LogP contribution in [0, 0.1) is 0 Å². The predicted octanol–water partition coefficient (Wildman–Crippen LogP) is -0.0672. The lowest BCUT2D eigenvalue weighted by Gasteiger charge is -2.23. The van der Waals surface area contributed by atoms with Crippen molar-refractivity contribution in [1.29, 1.82) is 0 Å². The van der Waals surface area contributed by atoms with Gasteiger partial charge < -0.3 is 14.9 Å². The zero-order valence-corrected chi connectivity index (χ0v) is 9.06. The molecule has 0 aromatic carbocycles. The van der Waals surface area contributed by atoms with Gasteiger partial charge in [-0.2, -0.15) is 0 Å². The van der Waals surface area contributed by atoms with Gasteiger partial charge in [0.15, 0.2) is 0 Å². The normalized spacial score (nSPS) is 18.1. The maximum absolute atomic E-state index is 10.4. The van der Waals surface area contributed by atoms with Crippen molar-refractivity contribution in [2.24, 2.45) is 0 Å². The summed E-state index contributed by atoms with van der Waals surface area (Å²) in [5.41, 5.74) is 0. The zero-order chi connectivity index (χ0) is 11.3. The molecule has 1 atom stereocenters. The van der Waals surface area contributed by atoms with Gasteiger partial charge in [-0.1, -0.05) is 0 Å². The Hall–Kier alpha value is -0.650. The van der Waals surface area contributed by atoms with Crippen molar-refractivity contribution in [1.82, 2.24) is 4.90 Å². The van der Waals surface area contributed by atoms with Crippen LogP contribution >= 0.6 is 0 Å². The summed E-state index contributed by atoms with van der Waals surface area (Å²) in [7, 11) is 1.54. The van der Waals surface area contributed by atoms with Crippen molar-refractivity contribution in [3.05, 3.63) is 0 Å². The van der Waals surface area contributed by atoms with E-state index in [2.05, 4.69) is 0 Å². The van der Waals surface area contributed by atoms with Gasteiger partial charge in [0, 0.05) is 26.2 Å². The van der Waals surface area contributed by atoms with E-state index < -0.39 is 12.1 Å². The Morgan fingerprint density at radius 1 is 1.60 bits per heavy atom. The van der Waals surface area contributed by atoms with Crippen LogP contribution in [-0.4, -0.2) is 60.0 Å². The molecule has 0 heterocycles. The molecule has 1 rings (SSSR count). The molecule has 88 valence electrons. The average molecular weight is 217 g/mol. The van der Waals surface area contributed by atoms with E-state index in [0.717, 1.165) is 12.8 Å². The smallest absolute Gasteiger partial charge is 0.304 e. The number of carboxylic acid groups (broad SMARTS) is 1. The van der Waals surface area contributed by atoms with Crippen LogP contribution in [0.2, 0.25) is 0 Å². The van der Waals surface area contributed by atoms with Gasteiger partial charge in [-0.15, -0.1) is 0 Å². The third kappa shape index (κ3) is 5.11. The van der Waals surface area contributed by atoms with Crippen molar-refractivity contribution in [2.75, 3.05) is 26.8 Å². The molecule has 15 heavy (non-hydrogen) atoms. The predicted molar refractivity (Wildman–Crippen MR) is 54.7 cm³/mol. The lowest BCUT2D eigenvalue weighted by atomic mass is 10.3. The first-order chi connectivity index (χ1) is 7.13. The molecule has 0 aliphatic heterocycles. The third-order valence-corrected chi connectivity index (χ3v) is 2.48. The molecule has 0 bridgehead atoms. The molecule has 1 saturated carbocycles. The Morgan fingerprint density at radius 3 is 2.73 bits per heavy atom. The van der Waals surface area contributed by atoms with E-state index in [1.165, 1.54) is 0 Å². The summed E-state index contributed by atoms with van der Waals surface area (Å²) in [6.07, 6.45) is 1.83. The molecule has 0 aromatic rings. The SMILES string of the molecule is COCC(O)CN(CCC(=O)O)C1CC1. The van der Waals surface area contributed by atoms with Gasteiger partial charge in [0.25, 0.3) is 0 Å².